The summed E-state index contributed by atoms with van der Waals surface area (Å²) in [5.74, 6) is 1.52. The Hall–Kier alpha value is -1.55. The number of hydrogen-bond donors (Lipinski definition) is 2. The highest BCUT2D eigenvalue weighted by Crippen LogP contribution is 2.10. The average molecular weight is 316 g/mol. The Morgan fingerprint density at radius 1 is 1.13 bits per heavy atom. The Morgan fingerprint density at radius 3 is 2.48 bits per heavy atom. The topological polar surface area (TPSA) is 39.7 Å². The predicted octanol–water partition coefficient (Wildman–Crippen LogP) is 2.78. The minimum Gasteiger partial charge on any atom is -0.356 e. The van der Waals surface area contributed by atoms with Crippen LogP contribution in [-0.4, -0.2) is 44.1 Å². The van der Waals surface area contributed by atoms with E-state index in [-0.39, 0.29) is 0 Å². The zero-order valence-corrected chi connectivity index (χ0v) is 14.9. The molecule has 1 atom stereocenters. The van der Waals surface area contributed by atoms with E-state index in [1.165, 1.54) is 50.0 Å². The predicted molar refractivity (Wildman–Crippen MR) is 98.8 cm³/mol. The Morgan fingerprint density at radius 2 is 1.83 bits per heavy atom. The van der Waals surface area contributed by atoms with E-state index in [9.17, 15) is 0 Å². The number of benzene rings is 1. The Kier molecular flexibility index (Phi) is 7.40. The Bertz CT molecular complexity index is 475. The SMILES string of the molecule is CN=C(NCc1ccc(C)cc1)NCC(C)CN1CCCCC1. The van der Waals surface area contributed by atoms with Gasteiger partial charge in [-0.3, -0.25) is 4.99 Å². The van der Waals surface area contributed by atoms with Crippen LogP contribution < -0.4 is 10.6 Å². The molecule has 1 aromatic rings. The Labute approximate surface area is 141 Å². The number of piperidine rings is 1. The van der Waals surface area contributed by atoms with Gasteiger partial charge in [0.25, 0.3) is 0 Å². The minimum absolute atomic E-state index is 0.631. The lowest BCUT2D eigenvalue weighted by Gasteiger charge is -2.29. The maximum atomic E-state index is 4.32. The number of guanidine groups is 1. The quantitative estimate of drug-likeness (QED) is 0.626. The van der Waals surface area contributed by atoms with E-state index >= 15 is 0 Å². The monoisotopic (exact) mass is 316 g/mol. The summed E-state index contributed by atoms with van der Waals surface area (Å²) in [7, 11) is 1.83. The molecule has 1 heterocycles. The molecule has 0 amide bonds. The first-order valence-corrected chi connectivity index (χ1v) is 8.90. The van der Waals surface area contributed by atoms with Gasteiger partial charge in [0.1, 0.15) is 0 Å². The summed E-state index contributed by atoms with van der Waals surface area (Å²) in [4.78, 5) is 6.92. The molecule has 1 unspecified atom stereocenters. The molecule has 128 valence electrons. The van der Waals surface area contributed by atoms with Crippen molar-refractivity contribution < 1.29 is 0 Å². The van der Waals surface area contributed by atoms with Gasteiger partial charge in [-0.2, -0.15) is 0 Å². The van der Waals surface area contributed by atoms with Crippen LogP contribution in [0.1, 0.15) is 37.3 Å². The van der Waals surface area contributed by atoms with Gasteiger partial charge >= 0.3 is 0 Å². The second-order valence-corrected chi connectivity index (χ2v) is 6.76. The van der Waals surface area contributed by atoms with E-state index in [0.717, 1.165) is 19.0 Å². The highest BCUT2D eigenvalue weighted by atomic mass is 15.2. The number of rotatable bonds is 6. The molecule has 4 heteroatoms. The van der Waals surface area contributed by atoms with Gasteiger partial charge in [0.15, 0.2) is 5.96 Å². The zero-order valence-electron chi connectivity index (χ0n) is 14.9. The van der Waals surface area contributed by atoms with Crippen molar-refractivity contribution in [1.82, 2.24) is 15.5 Å². The zero-order chi connectivity index (χ0) is 16.5. The molecule has 0 radical (unpaired) electrons. The van der Waals surface area contributed by atoms with E-state index in [2.05, 4.69) is 58.6 Å². The molecule has 0 aliphatic carbocycles. The van der Waals surface area contributed by atoms with Gasteiger partial charge in [-0.1, -0.05) is 43.2 Å². The number of aliphatic imine (C=N–C) groups is 1. The fourth-order valence-corrected chi connectivity index (χ4v) is 3.03. The van der Waals surface area contributed by atoms with Gasteiger partial charge in [0.05, 0.1) is 0 Å². The van der Waals surface area contributed by atoms with E-state index in [1.54, 1.807) is 0 Å². The molecule has 23 heavy (non-hydrogen) atoms. The van der Waals surface area contributed by atoms with Crippen molar-refractivity contribution in [3.63, 3.8) is 0 Å². The number of aryl methyl sites for hydroxylation is 1. The molecule has 1 aliphatic rings. The lowest BCUT2D eigenvalue weighted by atomic mass is 10.1. The number of likely N-dealkylation sites (tertiary alicyclic amines) is 1. The van der Waals surface area contributed by atoms with Crippen molar-refractivity contribution in [2.75, 3.05) is 33.2 Å². The Balaban J connectivity index is 1.68. The summed E-state index contributed by atoms with van der Waals surface area (Å²) in [6.07, 6.45) is 4.12. The van der Waals surface area contributed by atoms with Crippen molar-refractivity contribution in [2.24, 2.45) is 10.9 Å². The first-order valence-electron chi connectivity index (χ1n) is 8.90. The fraction of sp³-hybridized carbons (Fsp3) is 0.632. The van der Waals surface area contributed by atoms with Crippen molar-refractivity contribution in [1.29, 1.82) is 0 Å². The van der Waals surface area contributed by atoms with Crippen LogP contribution >= 0.6 is 0 Å². The van der Waals surface area contributed by atoms with Crippen LogP contribution in [0.15, 0.2) is 29.3 Å². The molecule has 1 aliphatic heterocycles. The second-order valence-electron chi connectivity index (χ2n) is 6.76. The van der Waals surface area contributed by atoms with Crippen LogP contribution in [0, 0.1) is 12.8 Å². The standard InChI is InChI=1S/C19H32N4/c1-16-7-9-18(10-8-16)14-22-19(20-3)21-13-17(2)15-23-11-5-4-6-12-23/h7-10,17H,4-6,11-15H2,1-3H3,(H2,20,21,22). The van der Waals surface area contributed by atoms with Gasteiger partial charge in [0, 0.05) is 26.7 Å². The minimum atomic E-state index is 0.631. The van der Waals surface area contributed by atoms with Gasteiger partial charge < -0.3 is 15.5 Å². The maximum Gasteiger partial charge on any atom is 0.191 e. The number of nitrogens with zero attached hydrogens (tertiary/aromatic N) is 2. The molecule has 0 aromatic heterocycles. The number of nitrogens with one attached hydrogen (secondary N) is 2. The average Bonchev–Trinajstić information content (AvgIpc) is 2.57. The molecule has 1 fully saturated rings. The second kappa shape index (κ2) is 9.56. The van der Waals surface area contributed by atoms with Gasteiger partial charge in [-0.15, -0.1) is 0 Å². The lowest BCUT2D eigenvalue weighted by molar-refractivity contribution is 0.201. The van der Waals surface area contributed by atoms with Crippen molar-refractivity contribution in [3.8, 4) is 0 Å². The normalized spacial score (nSPS) is 17.8. The van der Waals surface area contributed by atoms with Gasteiger partial charge in [-0.05, 0) is 44.3 Å². The first-order chi connectivity index (χ1) is 11.2. The molecule has 2 rings (SSSR count). The van der Waals surface area contributed by atoms with Crippen LogP contribution in [0.4, 0.5) is 0 Å². The highest BCUT2D eigenvalue weighted by Gasteiger charge is 2.13. The van der Waals surface area contributed by atoms with Crippen molar-refractivity contribution >= 4 is 5.96 Å². The van der Waals surface area contributed by atoms with Crippen molar-refractivity contribution in [2.45, 2.75) is 39.7 Å². The van der Waals surface area contributed by atoms with Gasteiger partial charge in [-0.25, -0.2) is 0 Å². The van der Waals surface area contributed by atoms with Crippen LogP contribution in [0.25, 0.3) is 0 Å². The van der Waals surface area contributed by atoms with Crippen LogP contribution in [-0.2, 0) is 6.54 Å². The van der Waals surface area contributed by atoms with Crippen LogP contribution in [0.2, 0.25) is 0 Å². The highest BCUT2D eigenvalue weighted by molar-refractivity contribution is 5.79. The van der Waals surface area contributed by atoms with Crippen LogP contribution in [0.3, 0.4) is 0 Å². The van der Waals surface area contributed by atoms with Crippen LogP contribution in [0.5, 0.6) is 0 Å². The molecule has 1 saturated heterocycles. The summed E-state index contributed by atoms with van der Waals surface area (Å²) >= 11 is 0. The molecular formula is C19H32N4. The molecule has 1 aromatic carbocycles. The van der Waals surface area contributed by atoms with E-state index < -0.39 is 0 Å². The largest absolute Gasteiger partial charge is 0.356 e. The summed E-state index contributed by atoms with van der Waals surface area (Å²) in [5.41, 5.74) is 2.57. The summed E-state index contributed by atoms with van der Waals surface area (Å²) in [6, 6.07) is 8.62. The molecule has 4 nitrogen and oxygen atoms in total. The summed E-state index contributed by atoms with van der Waals surface area (Å²) < 4.78 is 0. The molecule has 0 spiro atoms. The van der Waals surface area contributed by atoms with Gasteiger partial charge in [0.2, 0.25) is 0 Å². The molecule has 0 bridgehead atoms. The lowest BCUT2D eigenvalue weighted by Crippen LogP contribution is -2.42. The fourth-order valence-electron chi connectivity index (χ4n) is 3.03. The van der Waals surface area contributed by atoms with Crippen molar-refractivity contribution in [3.05, 3.63) is 35.4 Å². The molecular weight excluding hydrogens is 284 g/mol. The van der Waals surface area contributed by atoms with E-state index in [4.69, 9.17) is 0 Å². The number of hydrogen-bond acceptors (Lipinski definition) is 2. The summed E-state index contributed by atoms with van der Waals surface area (Å²) in [6.45, 7) is 9.91. The van der Waals surface area contributed by atoms with E-state index in [1.807, 2.05) is 7.05 Å². The maximum absolute atomic E-state index is 4.32. The third-order valence-electron chi connectivity index (χ3n) is 4.44. The third-order valence-corrected chi connectivity index (χ3v) is 4.44. The summed E-state index contributed by atoms with van der Waals surface area (Å²) in [5, 5.41) is 6.84. The third kappa shape index (κ3) is 6.61. The smallest absolute Gasteiger partial charge is 0.191 e. The molecule has 2 N–H and O–H groups in total. The molecule has 0 saturated carbocycles. The first kappa shape index (κ1) is 17.8. The van der Waals surface area contributed by atoms with E-state index in [0.29, 0.717) is 5.92 Å².